The first-order valence-corrected chi connectivity index (χ1v) is 8.84. The minimum atomic E-state index is 0.313. The number of aryl methyl sites for hydroxylation is 2. The molecule has 1 aromatic heterocycles. The molecule has 1 aromatic carbocycles. The molecule has 0 bridgehead atoms. The van der Waals surface area contributed by atoms with E-state index in [2.05, 4.69) is 72.3 Å². The summed E-state index contributed by atoms with van der Waals surface area (Å²) in [6.45, 7) is 7.66. The van der Waals surface area contributed by atoms with Crippen LogP contribution in [0.15, 0.2) is 34.8 Å². The van der Waals surface area contributed by atoms with Crippen molar-refractivity contribution in [1.29, 1.82) is 0 Å². The molecule has 108 valence electrons. The molecule has 1 heterocycles. The maximum Gasteiger partial charge on any atom is 0.0673 e. The quantitative estimate of drug-likeness (QED) is 0.727. The molecule has 3 heteroatoms. The highest BCUT2D eigenvalue weighted by Crippen LogP contribution is 2.31. The van der Waals surface area contributed by atoms with Gasteiger partial charge in [-0.2, -0.15) is 0 Å². The Bertz CT molecular complexity index is 562. The number of thiophene rings is 1. The van der Waals surface area contributed by atoms with Gasteiger partial charge in [0.1, 0.15) is 0 Å². The Kier molecular flexibility index (Phi) is 5.82. The van der Waals surface area contributed by atoms with E-state index in [1.165, 1.54) is 20.9 Å². The summed E-state index contributed by atoms with van der Waals surface area (Å²) in [5.74, 6) is 0. The van der Waals surface area contributed by atoms with E-state index in [0.29, 0.717) is 6.04 Å². The average Bonchev–Trinajstić information content (AvgIpc) is 2.90. The molecule has 0 spiro atoms. The monoisotopic (exact) mass is 351 g/mol. The minimum Gasteiger partial charge on any atom is -0.306 e. The zero-order chi connectivity index (χ0) is 14.5. The van der Waals surface area contributed by atoms with E-state index < -0.39 is 0 Å². The molecule has 0 radical (unpaired) electrons. The van der Waals surface area contributed by atoms with Gasteiger partial charge in [-0.15, -0.1) is 11.3 Å². The molecule has 1 N–H and O–H groups in total. The van der Waals surface area contributed by atoms with Gasteiger partial charge in [-0.25, -0.2) is 0 Å². The van der Waals surface area contributed by atoms with Crippen molar-refractivity contribution in [2.24, 2.45) is 0 Å². The van der Waals surface area contributed by atoms with Crippen LogP contribution in [0, 0.1) is 6.92 Å². The molecule has 20 heavy (non-hydrogen) atoms. The van der Waals surface area contributed by atoms with Crippen molar-refractivity contribution in [2.75, 3.05) is 6.54 Å². The molecule has 0 fully saturated rings. The van der Waals surface area contributed by atoms with Crippen LogP contribution in [-0.4, -0.2) is 6.54 Å². The molecule has 1 atom stereocenters. The zero-order valence-corrected chi connectivity index (χ0v) is 14.8. The summed E-state index contributed by atoms with van der Waals surface area (Å²) in [6.07, 6.45) is 2.27. The van der Waals surface area contributed by atoms with Crippen molar-refractivity contribution in [2.45, 2.75) is 39.7 Å². The van der Waals surface area contributed by atoms with E-state index in [1.807, 2.05) is 11.3 Å². The summed E-state index contributed by atoms with van der Waals surface area (Å²) in [5.41, 5.74) is 2.71. The van der Waals surface area contributed by atoms with E-state index in [9.17, 15) is 0 Å². The van der Waals surface area contributed by atoms with Gasteiger partial charge in [-0.05, 0) is 61.7 Å². The van der Waals surface area contributed by atoms with E-state index in [4.69, 9.17) is 0 Å². The van der Waals surface area contributed by atoms with Gasteiger partial charge in [-0.3, -0.25) is 0 Å². The normalized spacial score (nSPS) is 12.6. The van der Waals surface area contributed by atoms with Crippen molar-refractivity contribution in [3.63, 3.8) is 0 Å². The van der Waals surface area contributed by atoms with Crippen molar-refractivity contribution in [3.8, 4) is 0 Å². The van der Waals surface area contributed by atoms with Crippen LogP contribution in [0.5, 0.6) is 0 Å². The summed E-state index contributed by atoms with van der Waals surface area (Å²) < 4.78 is 1.15. The number of rotatable bonds is 6. The van der Waals surface area contributed by atoms with Crippen LogP contribution in [-0.2, 0) is 6.42 Å². The highest BCUT2D eigenvalue weighted by atomic mass is 79.9. The van der Waals surface area contributed by atoms with Crippen LogP contribution in [0.3, 0.4) is 0 Å². The first kappa shape index (κ1) is 15.7. The number of benzene rings is 1. The van der Waals surface area contributed by atoms with Crippen molar-refractivity contribution in [1.82, 2.24) is 5.32 Å². The van der Waals surface area contributed by atoms with Crippen LogP contribution in [0.1, 0.15) is 47.2 Å². The van der Waals surface area contributed by atoms with Gasteiger partial charge in [0, 0.05) is 14.2 Å². The molecule has 1 nitrogen and oxygen atoms in total. The fourth-order valence-electron chi connectivity index (χ4n) is 2.36. The Morgan fingerprint density at radius 1 is 1.20 bits per heavy atom. The summed E-state index contributed by atoms with van der Waals surface area (Å²) in [4.78, 5) is 2.87. The summed E-state index contributed by atoms with van der Waals surface area (Å²) >= 11 is 5.48. The molecule has 0 aliphatic rings. The van der Waals surface area contributed by atoms with Gasteiger partial charge in [0.15, 0.2) is 0 Å². The molecule has 0 aliphatic heterocycles. The van der Waals surface area contributed by atoms with Gasteiger partial charge in [0.2, 0.25) is 0 Å². The van der Waals surface area contributed by atoms with E-state index in [-0.39, 0.29) is 0 Å². The molecule has 0 saturated carbocycles. The lowest BCUT2D eigenvalue weighted by molar-refractivity contribution is 0.603. The summed E-state index contributed by atoms with van der Waals surface area (Å²) in [7, 11) is 0. The maximum atomic E-state index is 3.69. The van der Waals surface area contributed by atoms with E-state index >= 15 is 0 Å². The first-order valence-electron chi connectivity index (χ1n) is 7.23. The smallest absolute Gasteiger partial charge is 0.0673 e. The first-order chi connectivity index (χ1) is 9.65. The van der Waals surface area contributed by atoms with Crippen LogP contribution >= 0.6 is 27.3 Å². The lowest BCUT2D eigenvalue weighted by Gasteiger charge is -2.20. The molecule has 1 unspecified atom stereocenters. The van der Waals surface area contributed by atoms with Crippen molar-refractivity contribution in [3.05, 3.63) is 55.7 Å². The number of hydrogen-bond donors (Lipinski definition) is 1. The van der Waals surface area contributed by atoms with Crippen LogP contribution < -0.4 is 5.32 Å². The van der Waals surface area contributed by atoms with Crippen LogP contribution in [0.25, 0.3) is 0 Å². The number of halogens is 1. The Morgan fingerprint density at radius 3 is 2.60 bits per heavy atom. The standard InChI is InChI=1S/C17H22BrNS/c1-4-10-19-17(16-9-7-14(5-2)20-16)15-8-6-13(18)11-12(15)3/h6-9,11,17,19H,4-5,10H2,1-3H3. The summed E-state index contributed by atoms with van der Waals surface area (Å²) in [5, 5.41) is 3.69. The Morgan fingerprint density at radius 2 is 2.00 bits per heavy atom. The largest absolute Gasteiger partial charge is 0.306 e. The van der Waals surface area contributed by atoms with Crippen LogP contribution in [0.4, 0.5) is 0 Å². The third-order valence-corrected chi connectivity index (χ3v) is 5.24. The topological polar surface area (TPSA) is 12.0 Å². The number of hydrogen-bond acceptors (Lipinski definition) is 2. The Hall–Kier alpha value is -0.640. The lowest BCUT2D eigenvalue weighted by atomic mass is 10.00. The van der Waals surface area contributed by atoms with E-state index in [0.717, 1.165) is 23.9 Å². The van der Waals surface area contributed by atoms with Gasteiger partial charge >= 0.3 is 0 Å². The Balaban J connectivity index is 2.35. The molecular weight excluding hydrogens is 330 g/mol. The fourth-order valence-corrected chi connectivity index (χ4v) is 3.88. The second kappa shape index (κ2) is 7.39. The van der Waals surface area contributed by atoms with E-state index in [1.54, 1.807) is 0 Å². The number of nitrogens with one attached hydrogen (secondary N) is 1. The average molecular weight is 352 g/mol. The third kappa shape index (κ3) is 3.72. The highest BCUT2D eigenvalue weighted by molar-refractivity contribution is 9.10. The fraction of sp³-hybridized carbons (Fsp3) is 0.412. The third-order valence-electron chi connectivity index (χ3n) is 3.46. The second-order valence-electron chi connectivity index (χ2n) is 5.05. The predicted octanol–water partition coefficient (Wildman–Crippen LogP) is 5.47. The van der Waals surface area contributed by atoms with Crippen molar-refractivity contribution >= 4 is 27.3 Å². The lowest BCUT2D eigenvalue weighted by Crippen LogP contribution is -2.23. The molecule has 2 aromatic rings. The molecular formula is C17H22BrNS. The molecule has 0 amide bonds. The van der Waals surface area contributed by atoms with Gasteiger partial charge in [0.05, 0.1) is 6.04 Å². The van der Waals surface area contributed by atoms with Gasteiger partial charge < -0.3 is 5.32 Å². The second-order valence-corrected chi connectivity index (χ2v) is 7.16. The van der Waals surface area contributed by atoms with Crippen molar-refractivity contribution < 1.29 is 0 Å². The zero-order valence-electron chi connectivity index (χ0n) is 12.4. The summed E-state index contributed by atoms with van der Waals surface area (Å²) in [6, 6.07) is 11.4. The van der Waals surface area contributed by atoms with Gasteiger partial charge in [0.25, 0.3) is 0 Å². The minimum absolute atomic E-state index is 0.313. The molecule has 2 rings (SSSR count). The maximum absolute atomic E-state index is 3.69. The SMILES string of the molecule is CCCNC(c1ccc(CC)s1)c1ccc(Br)cc1C. The Labute approximate surface area is 134 Å². The predicted molar refractivity (Wildman–Crippen MR) is 92.7 cm³/mol. The molecule has 0 aliphatic carbocycles. The van der Waals surface area contributed by atoms with Gasteiger partial charge in [-0.1, -0.05) is 35.8 Å². The highest BCUT2D eigenvalue weighted by Gasteiger charge is 2.17. The molecule has 0 saturated heterocycles. The van der Waals surface area contributed by atoms with Crippen LogP contribution in [0.2, 0.25) is 0 Å².